The van der Waals surface area contributed by atoms with Crippen LogP contribution in [0.4, 0.5) is 4.39 Å². The summed E-state index contributed by atoms with van der Waals surface area (Å²) in [5, 5.41) is 0.146. The molecular weight excluding hydrogens is 379 g/mol. The molecule has 0 aliphatic heterocycles. The number of benzene rings is 1. The Morgan fingerprint density at radius 2 is 1.69 bits per heavy atom. The molecule has 0 aromatic heterocycles. The molecule has 29 heavy (non-hydrogen) atoms. The average molecular weight is 415 g/mol. The highest BCUT2D eigenvalue weighted by Gasteiger charge is 2.30. The quantitative estimate of drug-likeness (QED) is 0.323. The van der Waals surface area contributed by atoms with Crippen molar-refractivity contribution in [3.8, 4) is 11.8 Å². The minimum absolute atomic E-state index is 0.146. The number of hydrogen-bond donors (Lipinski definition) is 0. The van der Waals surface area contributed by atoms with Crippen molar-refractivity contribution in [2.75, 3.05) is 0 Å². The summed E-state index contributed by atoms with van der Waals surface area (Å²) >= 11 is 5.71. The standard InChI is InChI=1S/C27H36ClF/c1-2-3-4-7-21-10-15-24(16-11-21)25-17-12-22(13-18-25)8-5-6-9-23-14-19-26(28)27(29)20-23/h5,8,14,19-22,24-25H,2-4,7,10-13,15-18H2,1H3/t21-,22?,24-,25?. The van der Waals surface area contributed by atoms with Gasteiger partial charge >= 0.3 is 0 Å². The second-order valence-electron chi connectivity index (χ2n) is 9.21. The molecular formula is C27H36ClF. The van der Waals surface area contributed by atoms with E-state index in [2.05, 4.69) is 24.8 Å². The topological polar surface area (TPSA) is 0 Å². The van der Waals surface area contributed by atoms with Crippen LogP contribution in [0.25, 0.3) is 0 Å². The summed E-state index contributed by atoms with van der Waals surface area (Å²) in [5.41, 5.74) is 0.672. The maximum atomic E-state index is 13.4. The van der Waals surface area contributed by atoms with Gasteiger partial charge in [-0.1, -0.05) is 75.0 Å². The normalized spacial score (nSPS) is 27.6. The highest BCUT2D eigenvalue weighted by Crippen LogP contribution is 2.42. The predicted octanol–water partition coefficient (Wildman–Crippen LogP) is 8.58. The first-order valence-electron chi connectivity index (χ1n) is 11.8. The molecule has 2 heteroatoms. The summed E-state index contributed by atoms with van der Waals surface area (Å²) < 4.78 is 13.4. The summed E-state index contributed by atoms with van der Waals surface area (Å²) in [7, 11) is 0. The molecule has 2 aliphatic carbocycles. The Kier molecular flexibility index (Phi) is 9.13. The third kappa shape index (κ3) is 7.18. The van der Waals surface area contributed by atoms with E-state index in [9.17, 15) is 4.39 Å². The second kappa shape index (κ2) is 11.8. The van der Waals surface area contributed by atoms with Crippen LogP contribution in [-0.2, 0) is 0 Å². The summed E-state index contributed by atoms with van der Waals surface area (Å²) in [4.78, 5) is 0. The van der Waals surface area contributed by atoms with E-state index in [1.54, 1.807) is 12.1 Å². The molecule has 0 spiro atoms. The van der Waals surface area contributed by atoms with Crippen molar-refractivity contribution in [1.82, 2.24) is 0 Å². The largest absolute Gasteiger partial charge is 0.205 e. The first-order valence-corrected chi connectivity index (χ1v) is 12.2. The van der Waals surface area contributed by atoms with Crippen LogP contribution < -0.4 is 0 Å². The number of rotatable bonds is 6. The lowest BCUT2D eigenvalue weighted by Gasteiger charge is -2.37. The van der Waals surface area contributed by atoms with Gasteiger partial charge in [0.15, 0.2) is 0 Å². The second-order valence-corrected chi connectivity index (χ2v) is 9.62. The fourth-order valence-corrected chi connectivity index (χ4v) is 5.44. The molecule has 1 aromatic carbocycles. The summed E-state index contributed by atoms with van der Waals surface area (Å²) in [6, 6.07) is 4.72. The van der Waals surface area contributed by atoms with Crippen molar-refractivity contribution < 1.29 is 4.39 Å². The van der Waals surface area contributed by atoms with E-state index in [4.69, 9.17) is 11.6 Å². The van der Waals surface area contributed by atoms with E-state index in [0.29, 0.717) is 11.5 Å². The van der Waals surface area contributed by atoms with Gasteiger partial charge in [-0.2, -0.15) is 0 Å². The number of allylic oxidation sites excluding steroid dienone is 2. The van der Waals surface area contributed by atoms with Crippen molar-refractivity contribution in [2.24, 2.45) is 23.7 Å². The van der Waals surface area contributed by atoms with Crippen LogP contribution in [0.15, 0.2) is 30.4 Å². The molecule has 0 unspecified atom stereocenters. The van der Waals surface area contributed by atoms with Crippen LogP contribution in [0.5, 0.6) is 0 Å². The Morgan fingerprint density at radius 1 is 1.00 bits per heavy atom. The fourth-order valence-electron chi connectivity index (χ4n) is 5.32. The van der Waals surface area contributed by atoms with Crippen LogP contribution >= 0.6 is 11.6 Å². The van der Waals surface area contributed by atoms with Gasteiger partial charge in [0.05, 0.1) is 5.02 Å². The molecule has 158 valence electrons. The monoisotopic (exact) mass is 414 g/mol. The van der Waals surface area contributed by atoms with Crippen molar-refractivity contribution in [1.29, 1.82) is 0 Å². The van der Waals surface area contributed by atoms with Gasteiger partial charge in [0.1, 0.15) is 5.82 Å². The molecule has 0 atom stereocenters. The van der Waals surface area contributed by atoms with Crippen LogP contribution in [-0.4, -0.2) is 0 Å². The molecule has 0 radical (unpaired) electrons. The molecule has 2 saturated carbocycles. The first-order chi connectivity index (χ1) is 14.2. The summed E-state index contributed by atoms with van der Waals surface area (Å²) in [6.45, 7) is 2.30. The zero-order chi connectivity index (χ0) is 20.5. The zero-order valence-corrected chi connectivity index (χ0v) is 18.7. The Morgan fingerprint density at radius 3 is 2.34 bits per heavy atom. The average Bonchev–Trinajstić information content (AvgIpc) is 2.75. The molecule has 2 fully saturated rings. The maximum absolute atomic E-state index is 13.4. The summed E-state index contributed by atoms with van der Waals surface area (Å²) in [5.74, 6) is 9.27. The molecule has 0 heterocycles. The molecule has 2 aliphatic rings. The van der Waals surface area contributed by atoms with E-state index in [1.807, 2.05) is 6.08 Å². The molecule has 0 nitrogen and oxygen atoms in total. The van der Waals surface area contributed by atoms with Gasteiger partial charge in [0, 0.05) is 5.56 Å². The van der Waals surface area contributed by atoms with Crippen molar-refractivity contribution >= 4 is 11.6 Å². The van der Waals surface area contributed by atoms with Gasteiger partial charge in [-0.25, -0.2) is 4.39 Å². The number of hydrogen-bond acceptors (Lipinski definition) is 0. The van der Waals surface area contributed by atoms with Crippen LogP contribution in [0, 0.1) is 41.3 Å². The van der Waals surface area contributed by atoms with Crippen molar-refractivity contribution in [3.05, 3.63) is 46.8 Å². The smallest absolute Gasteiger partial charge is 0.143 e. The molecule has 0 saturated heterocycles. The maximum Gasteiger partial charge on any atom is 0.143 e. The van der Waals surface area contributed by atoms with Gasteiger partial charge in [-0.05, 0) is 86.5 Å². The van der Waals surface area contributed by atoms with Crippen LogP contribution in [0.2, 0.25) is 5.02 Å². The van der Waals surface area contributed by atoms with Crippen LogP contribution in [0.1, 0.15) is 89.5 Å². The van der Waals surface area contributed by atoms with Crippen molar-refractivity contribution in [2.45, 2.75) is 84.0 Å². The van der Waals surface area contributed by atoms with E-state index in [1.165, 1.54) is 83.1 Å². The van der Waals surface area contributed by atoms with E-state index < -0.39 is 5.82 Å². The highest BCUT2D eigenvalue weighted by atomic mass is 35.5. The third-order valence-electron chi connectivity index (χ3n) is 7.18. The minimum Gasteiger partial charge on any atom is -0.205 e. The summed E-state index contributed by atoms with van der Waals surface area (Å²) in [6.07, 6.45) is 21.2. The van der Waals surface area contributed by atoms with Gasteiger partial charge in [-0.15, -0.1) is 0 Å². The molecule has 3 rings (SSSR count). The Labute approximate surface area is 182 Å². The molecule has 0 N–H and O–H groups in total. The molecule has 0 bridgehead atoms. The first kappa shape index (κ1) is 22.4. The number of halogens is 2. The predicted molar refractivity (Wildman–Crippen MR) is 122 cm³/mol. The van der Waals surface area contributed by atoms with E-state index in [0.717, 1.165) is 17.8 Å². The minimum atomic E-state index is -0.407. The Bertz CT molecular complexity index is 710. The SMILES string of the molecule is CCCCC[C@H]1CC[C@H](C2CCC(C=CC#Cc3ccc(Cl)c(F)c3)CC2)CC1. The fraction of sp³-hybridized carbons (Fsp3) is 0.630. The Balaban J connectivity index is 1.37. The van der Waals surface area contributed by atoms with Crippen molar-refractivity contribution in [3.63, 3.8) is 0 Å². The van der Waals surface area contributed by atoms with Gasteiger partial charge in [-0.3, -0.25) is 0 Å². The van der Waals surface area contributed by atoms with Gasteiger partial charge in [0.25, 0.3) is 0 Å². The van der Waals surface area contributed by atoms with Gasteiger partial charge < -0.3 is 0 Å². The van der Waals surface area contributed by atoms with Crippen LogP contribution in [0.3, 0.4) is 0 Å². The lowest BCUT2D eigenvalue weighted by Crippen LogP contribution is -2.25. The zero-order valence-electron chi connectivity index (χ0n) is 17.9. The van der Waals surface area contributed by atoms with E-state index in [-0.39, 0.29) is 5.02 Å². The lowest BCUT2D eigenvalue weighted by molar-refractivity contribution is 0.151. The van der Waals surface area contributed by atoms with E-state index >= 15 is 0 Å². The highest BCUT2D eigenvalue weighted by molar-refractivity contribution is 6.30. The molecule has 0 amide bonds. The third-order valence-corrected chi connectivity index (χ3v) is 7.48. The number of unbranched alkanes of at least 4 members (excludes halogenated alkanes) is 2. The molecule has 1 aromatic rings. The van der Waals surface area contributed by atoms with Gasteiger partial charge in [0.2, 0.25) is 0 Å². The Hall–Kier alpha value is -1.26. The lowest BCUT2D eigenvalue weighted by atomic mass is 9.68.